The molecule has 1 aromatic carbocycles. The highest BCUT2D eigenvalue weighted by molar-refractivity contribution is 9.10. The highest BCUT2D eigenvalue weighted by Crippen LogP contribution is 2.23. The number of aromatic nitrogens is 1. The number of hydrogen-bond donors (Lipinski definition) is 1. The van der Waals surface area contributed by atoms with Gasteiger partial charge in [0, 0.05) is 12.3 Å². The number of pyridine rings is 1. The molecule has 2 aromatic rings. The summed E-state index contributed by atoms with van der Waals surface area (Å²) in [5.41, 5.74) is 0.322. The fraction of sp³-hybridized carbons (Fsp3) is 0. The summed E-state index contributed by atoms with van der Waals surface area (Å²) >= 11 is 3.16. The van der Waals surface area contributed by atoms with Gasteiger partial charge in [0.25, 0.3) is 11.6 Å². The lowest BCUT2D eigenvalue weighted by atomic mass is 10.2. The largest absolute Gasteiger partial charge is 0.316 e. The molecule has 7 heteroatoms. The van der Waals surface area contributed by atoms with E-state index in [2.05, 4.69) is 26.2 Å². The molecule has 0 radical (unpaired) electrons. The van der Waals surface area contributed by atoms with Crippen LogP contribution in [0.3, 0.4) is 0 Å². The van der Waals surface area contributed by atoms with Crippen LogP contribution in [-0.4, -0.2) is 15.8 Å². The Morgan fingerprint density at radius 2 is 2.00 bits per heavy atom. The van der Waals surface area contributed by atoms with Gasteiger partial charge in [0.05, 0.1) is 10.5 Å². The Labute approximate surface area is 116 Å². The molecule has 6 nitrogen and oxygen atoms in total. The van der Waals surface area contributed by atoms with Gasteiger partial charge < -0.3 is 5.32 Å². The first kappa shape index (κ1) is 13.2. The van der Waals surface area contributed by atoms with Crippen molar-refractivity contribution in [1.29, 1.82) is 0 Å². The van der Waals surface area contributed by atoms with E-state index in [-0.39, 0.29) is 11.4 Å². The van der Waals surface area contributed by atoms with Crippen molar-refractivity contribution in [3.05, 3.63) is 62.9 Å². The Hall–Kier alpha value is -2.28. The van der Waals surface area contributed by atoms with Crippen LogP contribution in [0.2, 0.25) is 0 Å². The molecular formula is C12H8BrN3O3. The average Bonchev–Trinajstić information content (AvgIpc) is 2.39. The first-order chi connectivity index (χ1) is 9.08. The van der Waals surface area contributed by atoms with Crippen LogP contribution in [0.1, 0.15) is 10.4 Å². The molecule has 1 amide bonds. The number of nitro groups is 1. The zero-order valence-electron chi connectivity index (χ0n) is 9.54. The fourth-order valence-electron chi connectivity index (χ4n) is 1.44. The van der Waals surface area contributed by atoms with E-state index in [0.29, 0.717) is 10.2 Å². The van der Waals surface area contributed by atoms with Gasteiger partial charge in [0.1, 0.15) is 10.3 Å². The third kappa shape index (κ3) is 3.14. The van der Waals surface area contributed by atoms with E-state index < -0.39 is 10.8 Å². The molecule has 2 rings (SSSR count). The van der Waals surface area contributed by atoms with E-state index >= 15 is 0 Å². The monoisotopic (exact) mass is 321 g/mol. The van der Waals surface area contributed by atoms with Crippen LogP contribution in [0.15, 0.2) is 47.2 Å². The van der Waals surface area contributed by atoms with Gasteiger partial charge in [0.15, 0.2) is 0 Å². The summed E-state index contributed by atoms with van der Waals surface area (Å²) in [5.74, 6) is -0.450. The number of anilines is 1. The summed E-state index contributed by atoms with van der Waals surface area (Å²) in [6.45, 7) is 0. The Kier molecular flexibility index (Phi) is 3.86. The number of nitro benzene ring substituents is 1. The molecule has 0 spiro atoms. The van der Waals surface area contributed by atoms with Crippen LogP contribution in [0, 0.1) is 10.1 Å². The third-order valence-corrected chi connectivity index (χ3v) is 2.81. The van der Waals surface area contributed by atoms with Gasteiger partial charge in [-0.05, 0) is 34.1 Å². The number of benzene rings is 1. The van der Waals surface area contributed by atoms with Crippen LogP contribution in [-0.2, 0) is 0 Å². The van der Waals surface area contributed by atoms with Crippen molar-refractivity contribution < 1.29 is 9.72 Å². The molecule has 1 aromatic heterocycles. The number of nitrogens with zero attached hydrogens (tertiary/aromatic N) is 2. The van der Waals surface area contributed by atoms with E-state index in [1.54, 1.807) is 18.2 Å². The average molecular weight is 322 g/mol. The molecule has 0 aliphatic heterocycles. The molecule has 1 N–H and O–H groups in total. The first-order valence-electron chi connectivity index (χ1n) is 5.24. The summed E-state index contributed by atoms with van der Waals surface area (Å²) in [5, 5.41) is 13.3. The van der Waals surface area contributed by atoms with Gasteiger partial charge in [-0.3, -0.25) is 14.9 Å². The molecule has 0 aliphatic rings. The zero-order valence-corrected chi connectivity index (χ0v) is 11.1. The first-order valence-corrected chi connectivity index (χ1v) is 6.03. The smallest absolute Gasteiger partial charge is 0.292 e. The maximum Gasteiger partial charge on any atom is 0.292 e. The topological polar surface area (TPSA) is 85.1 Å². The van der Waals surface area contributed by atoms with Gasteiger partial charge in [-0.2, -0.15) is 0 Å². The van der Waals surface area contributed by atoms with Gasteiger partial charge in [-0.25, -0.2) is 4.98 Å². The molecule has 19 heavy (non-hydrogen) atoms. The number of halogens is 1. The van der Waals surface area contributed by atoms with E-state index in [0.717, 1.165) is 0 Å². The third-order valence-electron chi connectivity index (χ3n) is 2.34. The lowest BCUT2D eigenvalue weighted by Crippen LogP contribution is -2.13. The summed E-state index contributed by atoms with van der Waals surface area (Å²) in [6.07, 6.45) is 1.38. The predicted octanol–water partition coefficient (Wildman–Crippen LogP) is 3.00. The molecular weight excluding hydrogens is 314 g/mol. The summed E-state index contributed by atoms with van der Waals surface area (Å²) in [4.78, 5) is 26.1. The quantitative estimate of drug-likeness (QED) is 0.535. The van der Waals surface area contributed by atoms with Crippen molar-refractivity contribution in [3.63, 3.8) is 0 Å². The van der Waals surface area contributed by atoms with Gasteiger partial charge in [-0.1, -0.05) is 12.1 Å². The number of para-hydroxylation sites is 2. The number of nitrogens with one attached hydrogen (secondary N) is 1. The Morgan fingerprint density at radius 1 is 1.26 bits per heavy atom. The highest BCUT2D eigenvalue weighted by atomic mass is 79.9. The van der Waals surface area contributed by atoms with Crippen LogP contribution in [0.25, 0.3) is 0 Å². The Bertz CT molecular complexity index is 628. The second-order valence-electron chi connectivity index (χ2n) is 3.60. The van der Waals surface area contributed by atoms with Crippen LogP contribution < -0.4 is 5.32 Å². The van der Waals surface area contributed by atoms with E-state index in [1.165, 1.54) is 24.4 Å². The Balaban J connectivity index is 2.24. The Morgan fingerprint density at radius 3 is 2.63 bits per heavy atom. The SMILES string of the molecule is O=C(Nc1ccccc1[N+](=O)[O-])c1ccc(Br)nc1. The molecule has 96 valence electrons. The number of carbonyl (C=O) groups is 1. The van der Waals surface area contributed by atoms with Crippen molar-refractivity contribution in [2.75, 3.05) is 5.32 Å². The molecule has 0 saturated carbocycles. The highest BCUT2D eigenvalue weighted by Gasteiger charge is 2.15. The zero-order chi connectivity index (χ0) is 13.8. The lowest BCUT2D eigenvalue weighted by Gasteiger charge is -2.05. The van der Waals surface area contributed by atoms with Crippen LogP contribution >= 0.6 is 15.9 Å². The van der Waals surface area contributed by atoms with Crippen LogP contribution in [0.5, 0.6) is 0 Å². The number of hydrogen-bond acceptors (Lipinski definition) is 4. The van der Waals surface area contributed by atoms with Crippen molar-refractivity contribution in [3.8, 4) is 0 Å². The minimum absolute atomic E-state index is 0.152. The van der Waals surface area contributed by atoms with Crippen LogP contribution in [0.4, 0.5) is 11.4 Å². The number of amides is 1. The molecule has 0 aliphatic carbocycles. The second kappa shape index (κ2) is 5.57. The lowest BCUT2D eigenvalue weighted by molar-refractivity contribution is -0.383. The van der Waals surface area contributed by atoms with Gasteiger partial charge >= 0.3 is 0 Å². The fourth-order valence-corrected chi connectivity index (χ4v) is 1.68. The van der Waals surface area contributed by atoms with Crippen molar-refractivity contribution in [2.45, 2.75) is 0 Å². The predicted molar refractivity (Wildman–Crippen MR) is 73.0 cm³/mol. The number of rotatable bonds is 3. The second-order valence-corrected chi connectivity index (χ2v) is 4.41. The van der Waals surface area contributed by atoms with Gasteiger partial charge in [0.2, 0.25) is 0 Å². The maximum atomic E-state index is 11.9. The minimum Gasteiger partial charge on any atom is -0.316 e. The molecule has 0 atom stereocenters. The van der Waals surface area contributed by atoms with E-state index in [4.69, 9.17) is 0 Å². The summed E-state index contributed by atoms with van der Waals surface area (Å²) < 4.78 is 0.606. The summed E-state index contributed by atoms with van der Waals surface area (Å²) in [6, 6.07) is 9.14. The van der Waals surface area contributed by atoms with Crippen molar-refractivity contribution in [1.82, 2.24) is 4.98 Å². The van der Waals surface area contributed by atoms with Gasteiger partial charge in [-0.15, -0.1) is 0 Å². The maximum absolute atomic E-state index is 11.9. The molecule has 1 heterocycles. The molecule has 0 bridgehead atoms. The van der Waals surface area contributed by atoms with E-state index in [1.807, 2.05) is 0 Å². The van der Waals surface area contributed by atoms with E-state index in [9.17, 15) is 14.9 Å². The molecule has 0 saturated heterocycles. The van der Waals surface area contributed by atoms with Crippen molar-refractivity contribution >= 4 is 33.2 Å². The van der Waals surface area contributed by atoms with Crippen molar-refractivity contribution in [2.24, 2.45) is 0 Å². The molecule has 0 fully saturated rings. The summed E-state index contributed by atoms with van der Waals surface area (Å²) in [7, 11) is 0. The minimum atomic E-state index is -0.546. The normalized spacial score (nSPS) is 9.95. The standard InChI is InChI=1S/C12H8BrN3O3/c13-11-6-5-8(7-14-11)12(17)15-9-3-1-2-4-10(9)16(18)19/h1-7H,(H,15,17). The molecule has 0 unspecified atom stereocenters. The number of carbonyl (C=O) groups excluding carboxylic acids is 1.